The SMILES string of the molecule is O=C(OBr)C(=O)OB(O)O. The molecule has 0 saturated carbocycles. The van der Waals surface area contributed by atoms with Crippen LogP contribution in [-0.2, 0) is 18.1 Å². The number of carbonyl (C=O) groups is 2. The van der Waals surface area contributed by atoms with Crippen molar-refractivity contribution in [2.45, 2.75) is 0 Å². The molecule has 10 heavy (non-hydrogen) atoms. The summed E-state index contributed by atoms with van der Waals surface area (Å²) in [5.41, 5.74) is 0. The lowest BCUT2D eigenvalue weighted by atomic mass is 10.3. The molecule has 0 atom stereocenters. The van der Waals surface area contributed by atoms with Crippen molar-refractivity contribution in [1.29, 1.82) is 0 Å². The zero-order valence-corrected chi connectivity index (χ0v) is 6.07. The highest BCUT2D eigenvalue weighted by molar-refractivity contribution is 9.06. The average molecular weight is 213 g/mol. The van der Waals surface area contributed by atoms with Gasteiger partial charge in [-0.3, -0.25) is 0 Å². The van der Waals surface area contributed by atoms with Crippen molar-refractivity contribution in [2.75, 3.05) is 0 Å². The van der Waals surface area contributed by atoms with Gasteiger partial charge in [0.15, 0.2) is 16.3 Å². The summed E-state index contributed by atoms with van der Waals surface area (Å²) < 4.78 is 7.26. The Hall–Kier alpha value is -0.595. The fourth-order valence-electron chi connectivity index (χ4n) is 0.175. The van der Waals surface area contributed by atoms with Crippen LogP contribution in [0.25, 0.3) is 0 Å². The first-order valence-corrected chi connectivity index (χ1v) is 2.62. The summed E-state index contributed by atoms with van der Waals surface area (Å²) in [6.45, 7) is 0. The highest BCUT2D eigenvalue weighted by atomic mass is 79.9. The molecule has 0 saturated heterocycles. The Morgan fingerprint density at radius 2 is 1.80 bits per heavy atom. The van der Waals surface area contributed by atoms with E-state index < -0.39 is 19.3 Å². The second-order valence-corrected chi connectivity index (χ2v) is 1.42. The molecule has 0 aromatic heterocycles. The molecule has 0 aliphatic carbocycles. The predicted molar refractivity (Wildman–Crippen MR) is 31.3 cm³/mol. The molecule has 0 radical (unpaired) electrons. The first-order valence-electron chi connectivity index (χ1n) is 1.97. The lowest BCUT2D eigenvalue weighted by Gasteiger charge is -1.97. The van der Waals surface area contributed by atoms with E-state index in [1.165, 1.54) is 0 Å². The molecule has 6 nitrogen and oxygen atoms in total. The van der Waals surface area contributed by atoms with Crippen LogP contribution in [0.15, 0.2) is 0 Å². The Labute approximate surface area is 64.4 Å². The van der Waals surface area contributed by atoms with Gasteiger partial charge in [0.05, 0.1) is 0 Å². The van der Waals surface area contributed by atoms with Crippen molar-refractivity contribution in [1.82, 2.24) is 0 Å². The first kappa shape index (κ1) is 9.40. The van der Waals surface area contributed by atoms with Crippen LogP contribution in [0.1, 0.15) is 0 Å². The van der Waals surface area contributed by atoms with Gasteiger partial charge in [0.25, 0.3) is 0 Å². The number of halogens is 1. The molecule has 8 heteroatoms. The van der Waals surface area contributed by atoms with Crippen LogP contribution < -0.4 is 0 Å². The normalized spacial score (nSPS) is 8.30. The molecule has 0 fully saturated rings. The molecule has 0 rings (SSSR count). The molecular weight excluding hydrogens is 211 g/mol. The second kappa shape index (κ2) is 4.26. The Morgan fingerprint density at radius 3 is 2.10 bits per heavy atom. The molecule has 0 aromatic rings. The average Bonchev–Trinajstić information content (AvgIpc) is 1.85. The highest BCUT2D eigenvalue weighted by Gasteiger charge is 2.23. The highest BCUT2D eigenvalue weighted by Crippen LogP contribution is 1.89. The summed E-state index contributed by atoms with van der Waals surface area (Å²) in [6, 6.07) is 0. The minimum Gasteiger partial charge on any atom is -0.476 e. The van der Waals surface area contributed by atoms with Gasteiger partial charge in [-0.2, -0.15) is 0 Å². The molecule has 0 aliphatic heterocycles. The van der Waals surface area contributed by atoms with Gasteiger partial charge in [0, 0.05) is 0 Å². The van der Waals surface area contributed by atoms with Crippen LogP contribution in [0.2, 0.25) is 0 Å². The molecule has 2 N–H and O–H groups in total. The van der Waals surface area contributed by atoms with Crippen molar-refractivity contribution < 1.29 is 28.1 Å². The van der Waals surface area contributed by atoms with Gasteiger partial charge in [0.2, 0.25) is 0 Å². The lowest BCUT2D eigenvalue weighted by molar-refractivity contribution is -0.156. The Bertz CT molecular complexity index is 145. The topological polar surface area (TPSA) is 93.1 Å². The summed E-state index contributed by atoms with van der Waals surface area (Å²) >= 11 is 2.19. The number of hydrogen-bond acceptors (Lipinski definition) is 6. The fourth-order valence-corrected chi connectivity index (χ4v) is 0.308. The molecule has 0 aliphatic rings. The summed E-state index contributed by atoms with van der Waals surface area (Å²) in [5, 5.41) is 15.9. The Balaban J connectivity index is 3.74. The molecular formula is C2H2BBrO6. The third-order valence-electron chi connectivity index (χ3n) is 0.449. The molecule has 0 spiro atoms. The van der Waals surface area contributed by atoms with E-state index in [2.05, 4.69) is 24.7 Å². The maximum Gasteiger partial charge on any atom is 0.709 e. The molecule has 0 unspecified atom stereocenters. The van der Waals surface area contributed by atoms with E-state index in [1.807, 2.05) is 0 Å². The first-order chi connectivity index (χ1) is 4.57. The van der Waals surface area contributed by atoms with Crippen LogP contribution in [0, 0.1) is 0 Å². The summed E-state index contributed by atoms with van der Waals surface area (Å²) in [6.07, 6.45) is 0. The van der Waals surface area contributed by atoms with Gasteiger partial charge in [0.1, 0.15) is 0 Å². The van der Waals surface area contributed by atoms with Crippen molar-refractivity contribution in [3.05, 3.63) is 0 Å². The number of carbonyl (C=O) groups excluding carboxylic acids is 2. The van der Waals surface area contributed by atoms with Crippen LogP contribution >= 0.6 is 16.3 Å². The minimum atomic E-state index is -2.31. The van der Waals surface area contributed by atoms with E-state index in [0.717, 1.165) is 0 Å². The van der Waals surface area contributed by atoms with Crippen molar-refractivity contribution in [3.63, 3.8) is 0 Å². The van der Waals surface area contributed by atoms with Gasteiger partial charge in [-0.25, -0.2) is 9.59 Å². The monoisotopic (exact) mass is 212 g/mol. The van der Waals surface area contributed by atoms with E-state index in [0.29, 0.717) is 0 Å². The second-order valence-electron chi connectivity index (χ2n) is 1.10. The quantitative estimate of drug-likeness (QED) is 0.400. The fraction of sp³-hybridized carbons (Fsp3) is 0. The maximum absolute atomic E-state index is 10.1. The smallest absolute Gasteiger partial charge is 0.476 e. The maximum atomic E-state index is 10.1. The minimum absolute atomic E-state index is 1.37. The summed E-state index contributed by atoms with van der Waals surface area (Å²) in [4.78, 5) is 20.2. The number of hydrogen-bond donors (Lipinski definition) is 2. The van der Waals surface area contributed by atoms with Crippen LogP contribution in [0.3, 0.4) is 0 Å². The Kier molecular flexibility index (Phi) is 4.00. The van der Waals surface area contributed by atoms with Crippen molar-refractivity contribution in [2.24, 2.45) is 0 Å². The standard InChI is InChI=1S/C2H2BBrO6/c4-10-2(6)1(5)9-3(7)8/h7-8H. The van der Waals surface area contributed by atoms with Gasteiger partial charge in [-0.05, 0) is 0 Å². The molecule has 0 amide bonds. The van der Waals surface area contributed by atoms with Crippen molar-refractivity contribution >= 4 is 35.5 Å². The molecule has 0 aromatic carbocycles. The van der Waals surface area contributed by atoms with Crippen LogP contribution in [0.4, 0.5) is 0 Å². The predicted octanol–water partition coefficient (Wildman–Crippen LogP) is -1.65. The van der Waals surface area contributed by atoms with Crippen LogP contribution in [0.5, 0.6) is 0 Å². The van der Waals surface area contributed by atoms with E-state index in [4.69, 9.17) is 10.0 Å². The molecule has 0 heterocycles. The number of rotatable bonds is 1. The van der Waals surface area contributed by atoms with E-state index >= 15 is 0 Å². The van der Waals surface area contributed by atoms with Gasteiger partial charge >= 0.3 is 19.3 Å². The summed E-state index contributed by atoms with van der Waals surface area (Å²) in [5.74, 6) is -2.86. The zero-order chi connectivity index (χ0) is 8.15. The third kappa shape index (κ3) is 3.43. The summed E-state index contributed by atoms with van der Waals surface area (Å²) in [7, 11) is -2.31. The van der Waals surface area contributed by atoms with Crippen molar-refractivity contribution in [3.8, 4) is 0 Å². The lowest BCUT2D eigenvalue weighted by Crippen LogP contribution is -2.27. The third-order valence-corrected chi connectivity index (χ3v) is 0.743. The van der Waals surface area contributed by atoms with Crippen LogP contribution in [-0.4, -0.2) is 29.3 Å². The van der Waals surface area contributed by atoms with Gasteiger partial charge < -0.3 is 18.5 Å². The zero-order valence-electron chi connectivity index (χ0n) is 4.48. The molecule has 0 bridgehead atoms. The Morgan fingerprint density at radius 1 is 1.30 bits per heavy atom. The van der Waals surface area contributed by atoms with E-state index in [-0.39, 0.29) is 0 Å². The molecule has 56 valence electrons. The van der Waals surface area contributed by atoms with Gasteiger partial charge in [-0.15, -0.1) is 0 Å². The largest absolute Gasteiger partial charge is 0.709 e. The van der Waals surface area contributed by atoms with Gasteiger partial charge in [-0.1, -0.05) is 0 Å². The van der Waals surface area contributed by atoms with E-state index in [9.17, 15) is 9.59 Å². The van der Waals surface area contributed by atoms with E-state index in [1.54, 1.807) is 0 Å².